The third-order valence-corrected chi connectivity index (χ3v) is 1.66. The van der Waals surface area contributed by atoms with Crippen molar-refractivity contribution in [3.8, 4) is 0 Å². The zero-order chi connectivity index (χ0) is 6.20. The smallest absolute Gasteiger partial charge is 0.201 e. The second-order valence-corrected chi connectivity index (χ2v) is 2.13. The highest BCUT2D eigenvalue weighted by Gasteiger charge is 2.35. The summed E-state index contributed by atoms with van der Waals surface area (Å²) in [6.07, 6.45) is 4.06. The molecule has 1 N–H and O–H groups in total. The Hall–Kier alpha value is -0.630. The zero-order valence-electron chi connectivity index (χ0n) is 5.31. The van der Waals surface area contributed by atoms with Gasteiger partial charge in [0.05, 0.1) is 6.54 Å². The lowest BCUT2D eigenvalue weighted by Crippen LogP contribution is -2.29. The van der Waals surface area contributed by atoms with Crippen LogP contribution in [0.5, 0.6) is 0 Å². The highest BCUT2D eigenvalue weighted by Crippen LogP contribution is 2.22. The van der Waals surface area contributed by atoms with E-state index in [0.29, 0.717) is 10.3 Å². The number of rotatable bonds is 1. The van der Waals surface area contributed by atoms with Crippen LogP contribution < -0.4 is 0 Å². The van der Waals surface area contributed by atoms with Crippen LogP contribution in [0, 0.1) is 5.41 Å². The Kier molecular flexibility index (Phi) is 0.978. The first-order valence-corrected chi connectivity index (χ1v) is 2.85. The molecule has 1 aliphatic rings. The average molecular weight is 111 g/mol. The van der Waals surface area contributed by atoms with Crippen LogP contribution in [0.1, 0.15) is 13.8 Å². The Balaban J connectivity index is 2.55. The lowest BCUT2D eigenvalue weighted by molar-refractivity contribution is -0.665. The number of amidine groups is 1. The van der Waals surface area contributed by atoms with Crippen LogP contribution in [-0.2, 0) is 0 Å². The fraction of sp³-hybridized carbons (Fsp3) is 0.500. The van der Waals surface area contributed by atoms with Crippen LogP contribution in [0.3, 0.4) is 0 Å². The summed E-state index contributed by atoms with van der Waals surface area (Å²) in [6, 6.07) is 0. The monoisotopic (exact) mass is 111 g/mol. The van der Waals surface area contributed by atoms with Gasteiger partial charge in [0.1, 0.15) is 0 Å². The molecule has 0 atom stereocenters. The van der Waals surface area contributed by atoms with E-state index in [-0.39, 0.29) is 0 Å². The van der Waals surface area contributed by atoms with Crippen molar-refractivity contribution >= 4 is 5.84 Å². The van der Waals surface area contributed by atoms with Crippen molar-refractivity contribution in [2.24, 2.45) is 0 Å². The Morgan fingerprint density at radius 2 is 2.12 bits per heavy atom. The largest absolute Gasteiger partial charge is 0.254 e. The van der Waals surface area contributed by atoms with Gasteiger partial charge in [-0.15, -0.1) is 0 Å². The van der Waals surface area contributed by atoms with Gasteiger partial charge in [-0.1, -0.05) is 0 Å². The molecule has 0 aromatic carbocycles. The van der Waals surface area contributed by atoms with E-state index in [0.717, 1.165) is 6.54 Å². The number of nitrogens with one attached hydrogen (secondary N) is 1. The molecule has 0 bridgehead atoms. The maximum absolute atomic E-state index is 7.27. The molecule has 1 aliphatic heterocycles. The molecule has 1 rings (SSSR count). The normalized spacial score (nSPS) is 20.8. The molecular formula is C6H11N2+. The first kappa shape index (κ1) is 5.51. The van der Waals surface area contributed by atoms with Gasteiger partial charge < -0.3 is 0 Å². The molecule has 44 valence electrons. The fourth-order valence-corrected chi connectivity index (χ4v) is 0.752. The second kappa shape index (κ2) is 1.42. The van der Waals surface area contributed by atoms with E-state index in [4.69, 9.17) is 5.41 Å². The van der Waals surface area contributed by atoms with E-state index in [9.17, 15) is 0 Å². The molecule has 2 nitrogen and oxygen atoms in total. The highest BCUT2D eigenvalue weighted by molar-refractivity contribution is 5.71. The molecule has 0 saturated carbocycles. The van der Waals surface area contributed by atoms with Gasteiger partial charge in [0.25, 0.3) is 0 Å². The number of hydrogen-bond donors (Lipinski definition) is 1. The van der Waals surface area contributed by atoms with Gasteiger partial charge in [-0.25, -0.2) is 4.48 Å². The summed E-state index contributed by atoms with van der Waals surface area (Å²) >= 11 is 0. The van der Waals surface area contributed by atoms with Crippen molar-refractivity contribution in [2.75, 3.05) is 6.54 Å². The molecule has 1 heterocycles. The van der Waals surface area contributed by atoms with E-state index in [1.807, 2.05) is 19.3 Å². The van der Waals surface area contributed by atoms with Crippen molar-refractivity contribution in [1.82, 2.24) is 0 Å². The van der Waals surface area contributed by atoms with Crippen LogP contribution in [0.2, 0.25) is 0 Å². The Labute approximate surface area is 49.5 Å². The average Bonchev–Trinajstić information content (AvgIpc) is 2.44. The Morgan fingerprint density at radius 1 is 1.62 bits per heavy atom. The SMILES string of the molecule is CC[N+]1(C(C)=N)C=C1. The molecule has 0 fully saturated rings. The maximum atomic E-state index is 7.27. The van der Waals surface area contributed by atoms with Gasteiger partial charge in [0.2, 0.25) is 5.84 Å². The summed E-state index contributed by atoms with van der Waals surface area (Å²) in [5, 5.41) is 7.27. The van der Waals surface area contributed by atoms with Gasteiger partial charge in [-0.3, -0.25) is 5.41 Å². The number of hydrogen-bond acceptors (Lipinski definition) is 1. The van der Waals surface area contributed by atoms with Crippen LogP contribution in [0.15, 0.2) is 12.4 Å². The standard InChI is InChI=1S/C6H11N2/c1-3-8(4-5-8)6(2)7/h4-5,7H,3H2,1-2H3/q+1. The van der Waals surface area contributed by atoms with Gasteiger partial charge in [-0.05, 0) is 6.92 Å². The van der Waals surface area contributed by atoms with Crippen molar-refractivity contribution in [3.05, 3.63) is 12.4 Å². The van der Waals surface area contributed by atoms with Crippen LogP contribution in [0.25, 0.3) is 0 Å². The minimum absolute atomic E-state index is 0.708. The molecule has 0 aromatic rings. The van der Waals surface area contributed by atoms with Crippen molar-refractivity contribution in [3.63, 3.8) is 0 Å². The zero-order valence-corrected chi connectivity index (χ0v) is 5.31. The molecule has 0 aliphatic carbocycles. The molecule has 0 spiro atoms. The predicted molar refractivity (Wildman–Crippen MR) is 33.3 cm³/mol. The van der Waals surface area contributed by atoms with Gasteiger partial charge in [0, 0.05) is 6.92 Å². The third kappa shape index (κ3) is 0.574. The summed E-state index contributed by atoms with van der Waals surface area (Å²) < 4.78 is 0.708. The van der Waals surface area contributed by atoms with Crippen LogP contribution >= 0.6 is 0 Å². The lowest BCUT2D eigenvalue weighted by atomic mass is 10.5. The van der Waals surface area contributed by atoms with Crippen LogP contribution in [0.4, 0.5) is 0 Å². The van der Waals surface area contributed by atoms with E-state index < -0.39 is 0 Å². The minimum atomic E-state index is 0.708. The predicted octanol–water partition coefficient (Wildman–Crippen LogP) is 1.31. The van der Waals surface area contributed by atoms with Crippen molar-refractivity contribution in [2.45, 2.75) is 13.8 Å². The number of nitrogens with zero attached hydrogens (tertiary/aromatic N) is 1. The van der Waals surface area contributed by atoms with Crippen molar-refractivity contribution < 1.29 is 4.48 Å². The highest BCUT2D eigenvalue weighted by atomic mass is 15.4. The van der Waals surface area contributed by atoms with E-state index in [1.54, 1.807) is 0 Å². The quantitative estimate of drug-likeness (QED) is 0.299. The molecule has 0 unspecified atom stereocenters. The van der Waals surface area contributed by atoms with E-state index in [2.05, 4.69) is 6.92 Å². The summed E-state index contributed by atoms with van der Waals surface area (Å²) in [4.78, 5) is 0. The molecule has 0 saturated heterocycles. The summed E-state index contributed by atoms with van der Waals surface area (Å²) in [7, 11) is 0. The summed E-state index contributed by atoms with van der Waals surface area (Å²) in [5.74, 6) is 0.715. The summed E-state index contributed by atoms with van der Waals surface area (Å²) in [5.41, 5.74) is 0. The number of quaternary nitrogens is 1. The Bertz CT molecular complexity index is 141. The second-order valence-electron chi connectivity index (χ2n) is 2.13. The molecule has 0 aromatic heterocycles. The topological polar surface area (TPSA) is 23.9 Å². The molecule has 0 radical (unpaired) electrons. The Morgan fingerprint density at radius 3 is 2.12 bits per heavy atom. The fourth-order valence-electron chi connectivity index (χ4n) is 0.752. The van der Waals surface area contributed by atoms with Gasteiger partial charge in [-0.2, -0.15) is 0 Å². The first-order valence-electron chi connectivity index (χ1n) is 2.85. The summed E-state index contributed by atoms with van der Waals surface area (Å²) in [6.45, 7) is 4.91. The van der Waals surface area contributed by atoms with Crippen molar-refractivity contribution in [1.29, 1.82) is 5.41 Å². The van der Waals surface area contributed by atoms with E-state index >= 15 is 0 Å². The maximum Gasteiger partial charge on any atom is 0.201 e. The molecular weight excluding hydrogens is 100 g/mol. The van der Waals surface area contributed by atoms with Crippen LogP contribution in [-0.4, -0.2) is 16.9 Å². The minimum Gasteiger partial charge on any atom is -0.254 e. The molecule has 0 amide bonds. The first-order chi connectivity index (χ1) is 3.71. The molecule has 2 heteroatoms. The molecule has 8 heavy (non-hydrogen) atoms. The van der Waals surface area contributed by atoms with E-state index in [1.165, 1.54) is 0 Å². The van der Waals surface area contributed by atoms with Gasteiger partial charge in [0.15, 0.2) is 12.4 Å². The third-order valence-electron chi connectivity index (χ3n) is 1.66. The lowest BCUT2D eigenvalue weighted by Gasteiger charge is -2.11. The van der Waals surface area contributed by atoms with Gasteiger partial charge >= 0.3 is 0 Å².